The van der Waals surface area contributed by atoms with E-state index in [0.717, 1.165) is 30.0 Å². The summed E-state index contributed by atoms with van der Waals surface area (Å²) in [6.45, 7) is 4.64. The van der Waals surface area contributed by atoms with Crippen molar-refractivity contribution in [2.45, 2.75) is 26.2 Å². The van der Waals surface area contributed by atoms with Crippen LogP contribution >= 0.6 is 0 Å². The summed E-state index contributed by atoms with van der Waals surface area (Å²) in [5, 5.41) is 2.93. The Kier molecular flexibility index (Phi) is 4.84. The fraction of sp³-hybridized carbons (Fsp3) is 0.364. The van der Waals surface area contributed by atoms with E-state index < -0.39 is 0 Å². The Bertz CT molecular complexity index is 824. The summed E-state index contributed by atoms with van der Waals surface area (Å²) in [5.74, 6) is -0.409. The van der Waals surface area contributed by atoms with Gasteiger partial charge < -0.3 is 15.1 Å². The van der Waals surface area contributed by atoms with E-state index in [4.69, 9.17) is 0 Å². The van der Waals surface area contributed by atoms with Gasteiger partial charge in [0.15, 0.2) is 0 Å². The van der Waals surface area contributed by atoms with E-state index in [0.29, 0.717) is 6.54 Å². The fourth-order valence-electron chi connectivity index (χ4n) is 3.83. The fourth-order valence-corrected chi connectivity index (χ4v) is 3.83. The van der Waals surface area contributed by atoms with Crippen LogP contribution in [-0.2, 0) is 9.59 Å². The highest BCUT2D eigenvalue weighted by molar-refractivity contribution is 6.03. The molecule has 5 heteroatoms. The Morgan fingerprint density at radius 3 is 2.26 bits per heavy atom. The number of hydrogen-bond acceptors (Lipinski definition) is 3. The third-order valence-electron chi connectivity index (χ3n) is 5.45. The molecule has 1 N–H and O–H groups in total. The Labute approximate surface area is 160 Å². The summed E-state index contributed by atoms with van der Waals surface area (Å²) in [7, 11) is 0. The highest BCUT2D eigenvalue weighted by Crippen LogP contribution is 2.29. The molecule has 0 spiro atoms. The lowest BCUT2D eigenvalue weighted by Crippen LogP contribution is -2.28. The molecule has 0 aromatic heterocycles. The molecule has 2 aliphatic heterocycles. The van der Waals surface area contributed by atoms with Crippen molar-refractivity contribution in [1.82, 2.24) is 0 Å². The van der Waals surface area contributed by atoms with Gasteiger partial charge in [0.25, 0.3) is 0 Å². The van der Waals surface area contributed by atoms with Crippen molar-refractivity contribution < 1.29 is 9.59 Å². The van der Waals surface area contributed by atoms with E-state index >= 15 is 0 Å². The second-order valence-electron chi connectivity index (χ2n) is 7.47. The largest absolute Gasteiger partial charge is 0.372 e. The molecule has 2 heterocycles. The van der Waals surface area contributed by atoms with E-state index in [1.54, 1.807) is 4.90 Å². The van der Waals surface area contributed by atoms with Crippen LogP contribution in [0.25, 0.3) is 0 Å². The maximum Gasteiger partial charge on any atom is 0.229 e. The Morgan fingerprint density at radius 1 is 0.963 bits per heavy atom. The van der Waals surface area contributed by atoms with Crippen LogP contribution in [0.1, 0.15) is 24.8 Å². The van der Waals surface area contributed by atoms with Crippen LogP contribution in [0.4, 0.5) is 17.1 Å². The third kappa shape index (κ3) is 3.82. The molecule has 0 saturated carbocycles. The second-order valence-corrected chi connectivity index (χ2v) is 7.47. The average molecular weight is 363 g/mol. The van der Waals surface area contributed by atoms with Gasteiger partial charge in [-0.1, -0.05) is 17.7 Å². The van der Waals surface area contributed by atoms with E-state index in [1.165, 1.54) is 18.5 Å². The summed E-state index contributed by atoms with van der Waals surface area (Å²) >= 11 is 0. The van der Waals surface area contributed by atoms with Crippen molar-refractivity contribution in [1.29, 1.82) is 0 Å². The molecule has 0 aliphatic carbocycles. The maximum atomic E-state index is 12.6. The van der Waals surface area contributed by atoms with Gasteiger partial charge in [-0.15, -0.1) is 0 Å². The maximum absolute atomic E-state index is 12.6. The SMILES string of the molecule is Cc1ccc(NC(=O)C2CC(=O)N(c3ccc(N4CCCC4)cc3)C2)cc1. The minimum atomic E-state index is -0.322. The van der Waals surface area contributed by atoms with E-state index in [2.05, 4.69) is 22.3 Å². The second kappa shape index (κ2) is 7.43. The van der Waals surface area contributed by atoms with Crippen molar-refractivity contribution in [2.24, 2.45) is 5.92 Å². The molecule has 0 radical (unpaired) electrons. The molecular formula is C22H25N3O2. The van der Waals surface area contributed by atoms with Crippen molar-refractivity contribution >= 4 is 28.9 Å². The van der Waals surface area contributed by atoms with Gasteiger partial charge in [-0.3, -0.25) is 9.59 Å². The molecule has 5 nitrogen and oxygen atoms in total. The Hall–Kier alpha value is -2.82. The van der Waals surface area contributed by atoms with Gasteiger partial charge in [0, 0.05) is 43.1 Å². The molecule has 4 rings (SSSR count). The van der Waals surface area contributed by atoms with Gasteiger partial charge in [-0.05, 0) is 56.2 Å². The zero-order valence-corrected chi connectivity index (χ0v) is 15.6. The molecule has 2 fully saturated rings. The standard InChI is InChI=1S/C22H25N3O2/c1-16-4-6-18(7-5-16)23-22(27)17-14-21(26)25(15-17)20-10-8-19(9-11-20)24-12-2-3-13-24/h4-11,17H,2-3,12-15H2,1H3,(H,23,27). The van der Waals surface area contributed by atoms with E-state index in [9.17, 15) is 9.59 Å². The molecule has 2 saturated heterocycles. The number of rotatable bonds is 4. The first-order valence-electron chi connectivity index (χ1n) is 9.63. The topological polar surface area (TPSA) is 52.7 Å². The lowest BCUT2D eigenvalue weighted by atomic mass is 10.1. The summed E-state index contributed by atoms with van der Waals surface area (Å²) in [5.41, 5.74) is 3.99. The number of amides is 2. The smallest absolute Gasteiger partial charge is 0.229 e. The van der Waals surface area contributed by atoms with Gasteiger partial charge in [-0.25, -0.2) is 0 Å². The predicted octanol–water partition coefficient (Wildman–Crippen LogP) is 3.59. The number of carbonyl (C=O) groups is 2. The lowest BCUT2D eigenvalue weighted by Gasteiger charge is -2.20. The van der Waals surface area contributed by atoms with Gasteiger partial charge in [-0.2, -0.15) is 0 Å². The molecule has 1 atom stereocenters. The number of benzene rings is 2. The van der Waals surface area contributed by atoms with Crippen LogP contribution in [0.5, 0.6) is 0 Å². The van der Waals surface area contributed by atoms with Crippen molar-refractivity contribution in [3.8, 4) is 0 Å². The highest BCUT2D eigenvalue weighted by Gasteiger charge is 2.35. The molecule has 140 valence electrons. The zero-order valence-electron chi connectivity index (χ0n) is 15.6. The predicted molar refractivity (Wildman–Crippen MR) is 108 cm³/mol. The van der Waals surface area contributed by atoms with Gasteiger partial charge >= 0.3 is 0 Å². The molecular weight excluding hydrogens is 338 g/mol. The van der Waals surface area contributed by atoms with Crippen LogP contribution in [0.2, 0.25) is 0 Å². The van der Waals surface area contributed by atoms with E-state index in [-0.39, 0.29) is 24.2 Å². The molecule has 1 unspecified atom stereocenters. The quantitative estimate of drug-likeness (QED) is 0.903. The van der Waals surface area contributed by atoms with Gasteiger partial charge in [0.2, 0.25) is 11.8 Å². The van der Waals surface area contributed by atoms with Crippen LogP contribution in [-0.4, -0.2) is 31.4 Å². The average Bonchev–Trinajstić information content (AvgIpc) is 3.34. The summed E-state index contributed by atoms with van der Waals surface area (Å²) < 4.78 is 0. The number of nitrogens with one attached hydrogen (secondary N) is 1. The first kappa shape index (κ1) is 17.6. The number of hydrogen-bond donors (Lipinski definition) is 1. The summed E-state index contributed by atoms with van der Waals surface area (Å²) in [6, 6.07) is 15.8. The van der Waals surface area contributed by atoms with Crippen molar-refractivity contribution in [3.05, 3.63) is 54.1 Å². The van der Waals surface area contributed by atoms with Crippen molar-refractivity contribution in [3.63, 3.8) is 0 Å². The van der Waals surface area contributed by atoms with Crippen LogP contribution in [0.3, 0.4) is 0 Å². The zero-order chi connectivity index (χ0) is 18.8. The number of nitrogens with zero attached hydrogens (tertiary/aromatic N) is 2. The minimum Gasteiger partial charge on any atom is -0.372 e. The summed E-state index contributed by atoms with van der Waals surface area (Å²) in [4.78, 5) is 29.1. The molecule has 2 aromatic carbocycles. The monoisotopic (exact) mass is 363 g/mol. The van der Waals surface area contributed by atoms with Gasteiger partial charge in [0.1, 0.15) is 0 Å². The number of carbonyl (C=O) groups excluding carboxylic acids is 2. The Balaban J connectivity index is 1.40. The Morgan fingerprint density at radius 2 is 1.59 bits per heavy atom. The first-order chi connectivity index (χ1) is 13.1. The first-order valence-corrected chi connectivity index (χ1v) is 9.63. The van der Waals surface area contributed by atoms with Gasteiger partial charge in [0.05, 0.1) is 5.92 Å². The van der Waals surface area contributed by atoms with Crippen LogP contribution in [0, 0.1) is 12.8 Å². The molecule has 2 aliphatic rings. The lowest BCUT2D eigenvalue weighted by molar-refractivity contribution is -0.122. The summed E-state index contributed by atoms with van der Waals surface area (Å²) in [6.07, 6.45) is 2.74. The minimum absolute atomic E-state index is 0.00739. The molecule has 0 bridgehead atoms. The molecule has 27 heavy (non-hydrogen) atoms. The third-order valence-corrected chi connectivity index (χ3v) is 5.45. The normalized spacial score (nSPS) is 19.6. The van der Waals surface area contributed by atoms with Crippen molar-refractivity contribution in [2.75, 3.05) is 34.8 Å². The van der Waals surface area contributed by atoms with Crippen LogP contribution < -0.4 is 15.1 Å². The molecule has 2 aromatic rings. The highest BCUT2D eigenvalue weighted by atomic mass is 16.2. The van der Waals surface area contributed by atoms with E-state index in [1.807, 2.05) is 43.3 Å². The number of anilines is 3. The molecule has 2 amide bonds. The van der Waals surface area contributed by atoms with Crippen LogP contribution in [0.15, 0.2) is 48.5 Å². The number of aryl methyl sites for hydroxylation is 1.